The zero-order valence-corrected chi connectivity index (χ0v) is 13.6. The van der Waals surface area contributed by atoms with Gasteiger partial charge in [-0.25, -0.2) is 0 Å². The fraction of sp³-hybridized carbons (Fsp3) is 0.278. The molecule has 0 heterocycles. The zero-order chi connectivity index (χ0) is 15.6. The number of benzene rings is 2. The fourth-order valence-corrected chi connectivity index (χ4v) is 2.26. The van der Waals surface area contributed by atoms with E-state index in [-0.39, 0.29) is 11.4 Å². The minimum absolute atomic E-state index is 0.0542. The quantitative estimate of drug-likeness (QED) is 0.844. The average molecular weight is 302 g/mol. The molecule has 0 fully saturated rings. The second kappa shape index (κ2) is 5.90. The lowest BCUT2D eigenvalue weighted by Gasteiger charge is -2.21. The largest absolute Gasteiger partial charge is 0.347 e. The molecule has 0 aliphatic heterocycles. The van der Waals surface area contributed by atoms with Crippen LogP contribution in [0.4, 0.5) is 0 Å². The van der Waals surface area contributed by atoms with Crippen LogP contribution >= 0.6 is 11.6 Å². The zero-order valence-electron chi connectivity index (χ0n) is 12.8. The standard InChI is InChI=1S/C18H20ClNO/c1-12-9-14(13-5-7-16(19)8-6-13)11-15(10-12)17(21)20-18(2,3)4/h5-11H,1-4H3,(H,20,21). The van der Waals surface area contributed by atoms with Gasteiger partial charge in [-0.05, 0) is 68.7 Å². The van der Waals surface area contributed by atoms with Crippen LogP contribution in [0.2, 0.25) is 5.02 Å². The number of rotatable bonds is 2. The van der Waals surface area contributed by atoms with E-state index in [4.69, 9.17) is 11.6 Å². The predicted octanol–water partition coefficient (Wildman–Crippen LogP) is 4.84. The Kier molecular flexibility index (Phi) is 4.38. The maximum atomic E-state index is 12.3. The highest BCUT2D eigenvalue weighted by Gasteiger charge is 2.16. The maximum absolute atomic E-state index is 12.3. The number of amides is 1. The molecule has 2 aromatic rings. The molecule has 2 rings (SSSR count). The second-order valence-electron chi connectivity index (χ2n) is 6.30. The number of nitrogens with one attached hydrogen (secondary N) is 1. The van der Waals surface area contributed by atoms with E-state index >= 15 is 0 Å². The number of halogens is 1. The van der Waals surface area contributed by atoms with Crippen molar-refractivity contribution < 1.29 is 4.79 Å². The van der Waals surface area contributed by atoms with Crippen LogP contribution in [0.1, 0.15) is 36.7 Å². The Morgan fingerprint density at radius 1 is 1.00 bits per heavy atom. The Balaban J connectivity index is 2.37. The van der Waals surface area contributed by atoms with Gasteiger partial charge in [0.15, 0.2) is 0 Å². The molecule has 110 valence electrons. The lowest BCUT2D eigenvalue weighted by atomic mass is 9.99. The second-order valence-corrected chi connectivity index (χ2v) is 6.74. The van der Waals surface area contributed by atoms with Gasteiger partial charge in [-0.15, -0.1) is 0 Å². The number of carbonyl (C=O) groups excluding carboxylic acids is 1. The molecule has 0 saturated heterocycles. The first-order chi connectivity index (χ1) is 9.74. The number of aryl methyl sites for hydroxylation is 1. The lowest BCUT2D eigenvalue weighted by Crippen LogP contribution is -2.40. The van der Waals surface area contributed by atoms with E-state index in [1.165, 1.54) is 0 Å². The molecule has 1 N–H and O–H groups in total. The normalized spacial score (nSPS) is 11.3. The van der Waals surface area contributed by atoms with Crippen molar-refractivity contribution in [2.45, 2.75) is 33.2 Å². The number of hydrogen-bond donors (Lipinski definition) is 1. The molecule has 3 heteroatoms. The minimum atomic E-state index is -0.249. The van der Waals surface area contributed by atoms with Crippen LogP contribution in [0, 0.1) is 6.92 Å². The third kappa shape index (κ3) is 4.33. The Hall–Kier alpha value is -1.80. The van der Waals surface area contributed by atoms with E-state index in [9.17, 15) is 4.79 Å². The lowest BCUT2D eigenvalue weighted by molar-refractivity contribution is 0.0919. The first-order valence-corrected chi connectivity index (χ1v) is 7.32. The Labute approximate surface area is 131 Å². The van der Waals surface area contributed by atoms with Crippen molar-refractivity contribution in [3.8, 4) is 11.1 Å². The highest BCUT2D eigenvalue weighted by atomic mass is 35.5. The molecule has 0 aromatic heterocycles. The van der Waals surface area contributed by atoms with Crippen LogP contribution in [0.25, 0.3) is 11.1 Å². The Morgan fingerprint density at radius 2 is 1.62 bits per heavy atom. The molecule has 0 atom stereocenters. The molecule has 2 nitrogen and oxygen atoms in total. The summed E-state index contributed by atoms with van der Waals surface area (Å²) in [6.07, 6.45) is 0. The highest BCUT2D eigenvalue weighted by molar-refractivity contribution is 6.30. The maximum Gasteiger partial charge on any atom is 0.251 e. The van der Waals surface area contributed by atoms with Crippen molar-refractivity contribution in [3.63, 3.8) is 0 Å². The van der Waals surface area contributed by atoms with Gasteiger partial charge >= 0.3 is 0 Å². The molecular weight excluding hydrogens is 282 g/mol. The summed E-state index contributed by atoms with van der Waals surface area (Å²) in [5.74, 6) is -0.0542. The monoisotopic (exact) mass is 301 g/mol. The van der Waals surface area contributed by atoms with Crippen LogP contribution in [0.3, 0.4) is 0 Å². The van der Waals surface area contributed by atoms with Crippen LogP contribution < -0.4 is 5.32 Å². The van der Waals surface area contributed by atoms with E-state index in [1.807, 2.05) is 64.1 Å². The fourth-order valence-electron chi connectivity index (χ4n) is 2.14. The van der Waals surface area contributed by atoms with Gasteiger partial charge < -0.3 is 5.32 Å². The van der Waals surface area contributed by atoms with Crippen molar-refractivity contribution in [1.82, 2.24) is 5.32 Å². The Morgan fingerprint density at radius 3 is 2.19 bits per heavy atom. The van der Waals surface area contributed by atoms with E-state index < -0.39 is 0 Å². The summed E-state index contributed by atoms with van der Waals surface area (Å²) in [7, 11) is 0. The van der Waals surface area contributed by atoms with Gasteiger partial charge in [0.1, 0.15) is 0 Å². The molecule has 0 aliphatic rings. The third-order valence-corrected chi connectivity index (χ3v) is 3.26. The molecule has 0 saturated carbocycles. The molecule has 0 aliphatic carbocycles. The molecule has 2 aromatic carbocycles. The van der Waals surface area contributed by atoms with Gasteiger partial charge in [0.2, 0.25) is 0 Å². The van der Waals surface area contributed by atoms with Crippen molar-refractivity contribution >= 4 is 17.5 Å². The summed E-state index contributed by atoms with van der Waals surface area (Å²) in [5, 5.41) is 3.70. The first-order valence-electron chi connectivity index (χ1n) is 6.95. The van der Waals surface area contributed by atoms with Gasteiger partial charge in [-0.1, -0.05) is 29.8 Å². The first kappa shape index (κ1) is 15.6. The summed E-state index contributed by atoms with van der Waals surface area (Å²) in [6.45, 7) is 7.91. The van der Waals surface area contributed by atoms with E-state index in [2.05, 4.69) is 11.4 Å². The van der Waals surface area contributed by atoms with Crippen LogP contribution in [0.15, 0.2) is 42.5 Å². The molecular formula is C18H20ClNO. The number of carbonyl (C=O) groups is 1. The molecule has 1 amide bonds. The van der Waals surface area contributed by atoms with E-state index in [1.54, 1.807) is 0 Å². The molecule has 0 spiro atoms. The van der Waals surface area contributed by atoms with Gasteiger partial charge in [0, 0.05) is 16.1 Å². The molecule has 0 unspecified atom stereocenters. The van der Waals surface area contributed by atoms with Crippen LogP contribution in [0.5, 0.6) is 0 Å². The topological polar surface area (TPSA) is 29.1 Å². The molecule has 0 radical (unpaired) electrons. The van der Waals surface area contributed by atoms with Gasteiger partial charge in [-0.2, -0.15) is 0 Å². The van der Waals surface area contributed by atoms with E-state index in [0.717, 1.165) is 16.7 Å². The van der Waals surface area contributed by atoms with Crippen molar-refractivity contribution in [3.05, 3.63) is 58.6 Å². The number of hydrogen-bond acceptors (Lipinski definition) is 1. The molecule has 0 bridgehead atoms. The summed E-state index contributed by atoms with van der Waals surface area (Å²) >= 11 is 5.92. The predicted molar refractivity (Wildman–Crippen MR) is 88.8 cm³/mol. The van der Waals surface area contributed by atoms with Crippen molar-refractivity contribution in [2.75, 3.05) is 0 Å². The van der Waals surface area contributed by atoms with Crippen molar-refractivity contribution in [2.24, 2.45) is 0 Å². The Bertz CT molecular complexity index is 654. The summed E-state index contributed by atoms with van der Waals surface area (Å²) in [6, 6.07) is 13.5. The average Bonchev–Trinajstić information content (AvgIpc) is 2.36. The van der Waals surface area contributed by atoms with Gasteiger partial charge in [0.25, 0.3) is 5.91 Å². The SMILES string of the molecule is Cc1cc(C(=O)NC(C)(C)C)cc(-c2ccc(Cl)cc2)c1. The van der Waals surface area contributed by atoms with Crippen molar-refractivity contribution in [1.29, 1.82) is 0 Å². The summed E-state index contributed by atoms with van der Waals surface area (Å²) in [5.41, 5.74) is 3.55. The van der Waals surface area contributed by atoms with Crippen LogP contribution in [-0.4, -0.2) is 11.4 Å². The summed E-state index contributed by atoms with van der Waals surface area (Å²) < 4.78 is 0. The molecule has 21 heavy (non-hydrogen) atoms. The van der Waals surface area contributed by atoms with Gasteiger partial charge in [-0.3, -0.25) is 4.79 Å². The smallest absolute Gasteiger partial charge is 0.251 e. The van der Waals surface area contributed by atoms with E-state index in [0.29, 0.717) is 10.6 Å². The summed E-state index contributed by atoms with van der Waals surface area (Å²) in [4.78, 5) is 12.3. The van der Waals surface area contributed by atoms with Gasteiger partial charge in [0.05, 0.1) is 0 Å². The highest BCUT2D eigenvalue weighted by Crippen LogP contribution is 2.24. The van der Waals surface area contributed by atoms with Crippen LogP contribution in [-0.2, 0) is 0 Å². The third-order valence-electron chi connectivity index (χ3n) is 3.01. The minimum Gasteiger partial charge on any atom is -0.347 e.